The number of carbonyl (C=O) groups is 1. The molecule has 104 valence electrons. The highest BCUT2D eigenvalue weighted by Gasteiger charge is 2.06. The van der Waals surface area contributed by atoms with Gasteiger partial charge in [-0.1, -0.05) is 12.1 Å². The first-order chi connectivity index (χ1) is 10.3. The minimum atomic E-state index is 0.292. The summed E-state index contributed by atoms with van der Waals surface area (Å²) in [7, 11) is 0. The molecule has 1 aromatic carbocycles. The first-order valence-electron chi connectivity index (χ1n) is 6.32. The predicted octanol–water partition coefficient (Wildman–Crippen LogP) is 3.78. The summed E-state index contributed by atoms with van der Waals surface area (Å²) in [5.41, 5.74) is 1.30. The Morgan fingerprint density at radius 1 is 1.14 bits per heavy atom. The zero-order chi connectivity index (χ0) is 14.7. The van der Waals surface area contributed by atoms with Crippen molar-refractivity contribution in [3.63, 3.8) is 0 Å². The van der Waals surface area contributed by atoms with Gasteiger partial charge in [-0.3, -0.25) is 9.78 Å². The number of fused-ring (bicyclic) bond motifs is 1. The lowest BCUT2D eigenvalue weighted by Gasteiger charge is -2.09. The van der Waals surface area contributed by atoms with E-state index in [0.717, 1.165) is 20.8 Å². The Balaban J connectivity index is 1.83. The van der Waals surface area contributed by atoms with Crippen molar-refractivity contribution in [1.29, 1.82) is 0 Å². The van der Waals surface area contributed by atoms with Crippen molar-refractivity contribution >= 4 is 33.0 Å². The summed E-state index contributed by atoms with van der Waals surface area (Å²) in [6, 6.07) is 9.74. The second-order valence-corrected chi connectivity index (χ2v) is 5.42. The first kappa shape index (κ1) is 13.7. The average molecular weight is 343 g/mol. The lowest BCUT2D eigenvalue weighted by molar-refractivity contribution is 0.111. The number of nitrogens with zero attached hydrogens (tertiary/aromatic N) is 2. The van der Waals surface area contributed by atoms with Crippen LogP contribution in [-0.4, -0.2) is 16.3 Å². The van der Waals surface area contributed by atoms with Crippen LogP contribution in [0.15, 0.2) is 53.4 Å². The molecular weight excluding hydrogens is 332 g/mol. The molecule has 0 unspecified atom stereocenters. The van der Waals surface area contributed by atoms with Gasteiger partial charge in [0.1, 0.15) is 18.1 Å². The number of carbonyl (C=O) groups excluding carboxylic acids is 1. The molecule has 0 aliphatic rings. The highest BCUT2D eigenvalue weighted by Crippen LogP contribution is 2.22. The Morgan fingerprint density at radius 2 is 2.05 bits per heavy atom. The molecule has 0 N–H and O–H groups in total. The van der Waals surface area contributed by atoms with E-state index in [1.165, 1.54) is 0 Å². The minimum Gasteiger partial charge on any atom is -0.486 e. The maximum Gasteiger partial charge on any atom is 0.172 e. The molecule has 5 heteroatoms. The van der Waals surface area contributed by atoms with E-state index in [4.69, 9.17) is 4.74 Å². The molecule has 2 heterocycles. The van der Waals surface area contributed by atoms with Crippen LogP contribution in [-0.2, 0) is 6.61 Å². The summed E-state index contributed by atoms with van der Waals surface area (Å²) in [5, 5.41) is 2.19. The molecule has 21 heavy (non-hydrogen) atoms. The van der Waals surface area contributed by atoms with Gasteiger partial charge >= 0.3 is 0 Å². The lowest BCUT2D eigenvalue weighted by Crippen LogP contribution is -2.00. The zero-order valence-electron chi connectivity index (χ0n) is 11.0. The molecule has 3 aromatic rings. The highest BCUT2D eigenvalue weighted by atomic mass is 79.9. The van der Waals surface area contributed by atoms with Gasteiger partial charge in [-0.15, -0.1) is 0 Å². The maximum absolute atomic E-state index is 11.0. The van der Waals surface area contributed by atoms with E-state index in [1.807, 2.05) is 30.5 Å². The van der Waals surface area contributed by atoms with E-state index in [-0.39, 0.29) is 0 Å². The van der Waals surface area contributed by atoms with Gasteiger partial charge in [-0.2, -0.15) is 0 Å². The largest absolute Gasteiger partial charge is 0.486 e. The van der Waals surface area contributed by atoms with E-state index in [2.05, 4.69) is 25.9 Å². The zero-order valence-corrected chi connectivity index (χ0v) is 12.6. The number of halogens is 1. The molecule has 0 aliphatic carbocycles. The molecule has 3 rings (SSSR count). The third-order valence-corrected chi connectivity index (χ3v) is 3.49. The number of ether oxygens (including phenoxy) is 1. The van der Waals surface area contributed by atoms with Crippen LogP contribution in [0.25, 0.3) is 10.8 Å². The van der Waals surface area contributed by atoms with Crippen LogP contribution in [0.2, 0.25) is 0 Å². The smallest absolute Gasteiger partial charge is 0.172 e. The van der Waals surface area contributed by atoms with E-state index < -0.39 is 0 Å². The molecule has 0 spiro atoms. The third kappa shape index (κ3) is 3.08. The van der Waals surface area contributed by atoms with Crippen LogP contribution >= 0.6 is 15.9 Å². The number of benzene rings is 1. The molecule has 0 amide bonds. The summed E-state index contributed by atoms with van der Waals surface area (Å²) in [6.45, 7) is 0.365. The van der Waals surface area contributed by atoms with Crippen molar-refractivity contribution in [2.75, 3.05) is 0 Å². The van der Waals surface area contributed by atoms with Crippen molar-refractivity contribution in [2.45, 2.75) is 6.61 Å². The Bertz CT molecular complexity index is 805. The van der Waals surface area contributed by atoms with Crippen molar-refractivity contribution in [1.82, 2.24) is 9.97 Å². The van der Waals surface area contributed by atoms with Gasteiger partial charge < -0.3 is 4.74 Å². The van der Waals surface area contributed by atoms with Crippen molar-refractivity contribution in [3.8, 4) is 5.75 Å². The summed E-state index contributed by atoms with van der Waals surface area (Å²) in [6.07, 6.45) is 5.84. The number of hydrogen-bond donors (Lipinski definition) is 0. The Morgan fingerprint density at radius 3 is 2.90 bits per heavy atom. The van der Waals surface area contributed by atoms with Crippen LogP contribution in [0.5, 0.6) is 5.75 Å². The van der Waals surface area contributed by atoms with Crippen LogP contribution in [0.1, 0.15) is 16.1 Å². The quantitative estimate of drug-likeness (QED) is 0.677. The first-order valence-corrected chi connectivity index (χ1v) is 7.12. The van der Waals surface area contributed by atoms with Crippen molar-refractivity contribution in [2.24, 2.45) is 0 Å². The third-order valence-electron chi connectivity index (χ3n) is 3.06. The maximum atomic E-state index is 11.0. The Kier molecular flexibility index (Phi) is 3.92. The van der Waals surface area contributed by atoms with E-state index >= 15 is 0 Å². The van der Waals surface area contributed by atoms with Gasteiger partial charge in [0, 0.05) is 28.4 Å². The lowest BCUT2D eigenvalue weighted by atomic mass is 10.1. The highest BCUT2D eigenvalue weighted by molar-refractivity contribution is 9.10. The molecule has 2 aromatic heterocycles. The predicted molar refractivity (Wildman–Crippen MR) is 83.4 cm³/mol. The van der Waals surface area contributed by atoms with Gasteiger partial charge in [0.25, 0.3) is 0 Å². The summed E-state index contributed by atoms with van der Waals surface area (Å²) >= 11 is 3.32. The number of aldehydes is 1. The molecule has 0 saturated carbocycles. The van der Waals surface area contributed by atoms with Gasteiger partial charge in [-0.05, 0) is 45.1 Å². The number of pyridine rings is 2. The normalized spacial score (nSPS) is 10.5. The fraction of sp³-hybridized carbons (Fsp3) is 0.0625. The number of hydrogen-bond acceptors (Lipinski definition) is 4. The topological polar surface area (TPSA) is 52.1 Å². The summed E-state index contributed by atoms with van der Waals surface area (Å²) < 4.78 is 6.47. The second-order valence-electron chi connectivity index (χ2n) is 4.50. The molecule has 0 radical (unpaired) electrons. The van der Waals surface area contributed by atoms with Gasteiger partial charge in [0.15, 0.2) is 6.29 Å². The van der Waals surface area contributed by atoms with E-state index in [0.29, 0.717) is 24.3 Å². The molecule has 0 aliphatic heterocycles. The molecule has 0 saturated heterocycles. The summed E-state index contributed by atoms with van der Waals surface area (Å²) in [4.78, 5) is 19.1. The molecule has 0 fully saturated rings. The second kappa shape index (κ2) is 6.01. The van der Waals surface area contributed by atoms with Crippen molar-refractivity contribution in [3.05, 3.63) is 64.7 Å². The molecular formula is C16H11BrN2O2. The van der Waals surface area contributed by atoms with Gasteiger partial charge in [0.05, 0.1) is 0 Å². The van der Waals surface area contributed by atoms with Gasteiger partial charge in [-0.25, -0.2) is 4.98 Å². The van der Waals surface area contributed by atoms with Crippen molar-refractivity contribution < 1.29 is 9.53 Å². The van der Waals surface area contributed by atoms with E-state index in [1.54, 1.807) is 18.5 Å². The number of aromatic nitrogens is 2. The number of rotatable bonds is 4. The van der Waals surface area contributed by atoms with Crippen LogP contribution in [0.4, 0.5) is 0 Å². The Labute approximate surface area is 129 Å². The fourth-order valence-electron chi connectivity index (χ4n) is 2.02. The molecule has 0 bridgehead atoms. The van der Waals surface area contributed by atoms with Gasteiger partial charge in [0.2, 0.25) is 0 Å². The average Bonchev–Trinajstić information content (AvgIpc) is 2.53. The molecule has 4 nitrogen and oxygen atoms in total. The summed E-state index contributed by atoms with van der Waals surface area (Å²) in [5.74, 6) is 0.464. The SMILES string of the molecule is O=Cc1ncc(Br)cc1OCc1ccc2ccncc2c1. The fourth-order valence-corrected chi connectivity index (χ4v) is 2.33. The van der Waals surface area contributed by atoms with Crippen LogP contribution in [0.3, 0.4) is 0 Å². The van der Waals surface area contributed by atoms with Crippen LogP contribution < -0.4 is 4.74 Å². The molecule has 0 atom stereocenters. The standard InChI is InChI=1S/C16H11BrN2O2/c17-14-6-16(15(9-20)19-8-14)21-10-11-1-2-12-3-4-18-7-13(12)5-11/h1-9H,10H2. The minimum absolute atomic E-state index is 0.292. The monoisotopic (exact) mass is 342 g/mol. The Hall–Kier alpha value is -2.27. The van der Waals surface area contributed by atoms with Crippen LogP contribution in [0, 0.1) is 0 Å². The van der Waals surface area contributed by atoms with E-state index in [9.17, 15) is 4.79 Å².